The van der Waals surface area contributed by atoms with Crippen LogP contribution in [0.1, 0.15) is 12.5 Å². The molecular weight excluding hydrogens is 286 g/mol. The summed E-state index contributed by atoms with van der Waals surface area (Å²) in [6, 6.07) is 14.1. The molecule has 0 saturated heterocycles. The first-order valence-electron chi connectivity index (χ1n) is 6.56. The summed E-state index contributed by atoms with van der Waals surface area (Å²) >= 11 is 0. The molecular formula is C16H17NO3S. The summed E-state index contributed by atoms with van der Waals surface area (Å²) in [4.78, 5) is 4.61. The number of hydrogen-bond acceptors (Lipinski definition) is 4. The van der Waals surface area contributed by atoms with Gasteiger partial charge >= 0.3 is 0 Å². The first kappa shape index (κ1) is 15.3. The van der Waals surface area contributed by atoms with Crippen LogP contribution in [0.2, 0.25) is 0 Å². The lowest BCUT2D eigenvalue weighted by molar-refractivity contribution is 0.340. The molecule has 0 heterocycles. The second-order valence-corrected chi connectivity index (χ2v) is 6.54. The van der Waals surface area contributed by atoms with Crippen molar-refractivity contribution in [3.63, 3.8) is 0 Å². The molecule has 0 spiro atoms. The van der Waals surface area contributed by atoms with Gasteiger partial charge in [-0.25, -0.2) is 8.42 Å². The molecule has 0 bridgehead atoms. The van der Waals surface area contributed by atoms with E-state index in [1.165, 1.54) is 6.26 Å². The molecule has 2 rings (SSSR count). The van der Waals surface area contributed by atoms with E-state index in [2.05, 4.69) is 4.99 Å². The molecule has 0 N–H and O–H groups in total. The van der Waals surface area contributed by atoms with Crippen molar-refractivity contribution in [2.45, 2.75) is 11.8 Å². The molecule has 0 aliphatic heterocycles. The normalized spacial score (nSPS) is 11.7. The molecule has 0 fully saturated rings. The highest BCUT2D eigenvalue weighted by Crippen LogP contribution is 2.17. The van der Waals surface area contributed by atoms with E-state index in [1.54, 1.807) is 30.5 Å². The maximum Gasteiger partial charge on any atom is 0.175 e. The number of benzene rings is 2. The predicted molar refractivity (Wildman–Crippen MR) is 84.4 cm³/mol. The molecule has 0 aromatic heterocycles. The van der Waals surface area contributed by atoms with Crippen molar-refractivity contribution >= 4 is 21.7 Å². The summed E-state index contributed by atoms with van der Waals surface area (Å²) < 4.78 is 28.1. The van der Waals surface area contributed by atoms with Crippen LogP contribution in [-0.4, -0.2) is 27.5 Å². The van der Waals surface area contributed by atoms with Gasteiger partial charge in [0.25, 0.3) is 0 Å². The number of aliphatic imine (C=N–C) groups is 1. The number of nitrogens with zero attached hydrogens (tertiary/aromatic N) is 1. The number of rotatable bonds is 5. The Morgan fingerprint density at radius 2 is 1.67 bits per heavy atom. The molecule has 0 amide bonds. The quantitative estimate of drug-likeness (QED) is 0.797. The molecule has 0 unspecified atom stereocenters. The third-order valence-electron chi connectivity index (χ3n) is 2.82. The van der Waals surface area contributed by atoms with Crippen molar-refractivity contribution in [3.05, 3.63) is 54.1 Å². The van der Waals surface area contributed by atoms with Crippen LogP contribution in [0.5, 0.6) is 5.75 Å². The van der Waals surface area contributed by atoms with Gasteiger partial charge in [-0.15, -0.1) is 0 Å². The van der Waals surface area contributed by atoms with Crippen LogP contribution in [0.3, 0.4) is 0 Å². The van der Waals surface area contributed by atoms with Crippen molar-refractivity contribution in [2.24, 2.45) is 4.99 Å². The van der Waals surface area contributed by atoms with Gasteiger partial charge in [0, 0.05) is 12.5 Å². The van der Waals surface area contributed by atoms with E-state index in [4.69, 9.17) is 4.74 Å². The lowest BCUT2D eigenvalue weighted by Crippen LogP contribution is -1.95. The smallest absolute Gasteiger partial charge is 0.175 e. The van der Waals surface area contributed by atoms with Gasteiger partial charge in [0.1, 0.15) is 5.75 Å². The summed E-state index contributed by atoms with van der Waals surface area (Å²) in [5.41, 5.74) is 1.65. The van der Waals surface area contributed by atoms with E-state index in [-0.39, 0.29) is 0 Å². The van der Waals surface area contributed by atoms with E-state index in [1.807, 2.05) is 31.2 Å². The predicted octanol–water partition coefficient (Wildman–Crippen LogP) is 3.24. The molecule has 2 aromatic carbocycles. The van der Waals surface area contributed by atoms with Crippen LogP contribution in [0.4, 0.5) is 5.69 Å². The Labute approximate surface area is 125 Å². The zero-order chi connectivity index (χ0) is 15.3. The molecule has 21 heavy (non-hydrogen) atoms. The topological polar surface area (TPSA) is 55.7 Å². The van der Waals surface area contributed by atoms with E-state index in [9.17, 15) is 8.42 Å². The molecule has 0 saturated carbocycles. The average molecular weight is 303 g/mol. The van der Waals surface area contributed by atoms with Crippen LogP contribution >= 0.6 is 0 Å². The van der Waals surface area contributed by atoms with Gasteiger partial charge in [-0.2, -0.15) is 0 Å². The van der Waals surface area contributed by atoms with Crippen LogP contribution in [0, 0.1) is 0 Å². The Morgan fingerprint density at radius 1 is 1.05 bits per heavy atom. The van der Waals surface area contributed by atoms with Gasteiger partial charge < -0.3 is 4.74 Å². The Bertz CT molecular complexity index is 717. The largest absolute Gasteiger partial charge is 0.494 e. The van der Waals surface area contributed by atoms with Crippen molar-refractivity contribution in [1.29, 1.82) is 0 Å². The van der Waals surface area contributed by atoms with Crippen LogP contribution in [0.25, 0.3) is 0 Å². The fourth-order valence-corrected chi connectivity index (χ4v) is 2.38. The first-order valence-corrected chi connectivity index (χ1v) is 8.45. The molecule has 5 heteroatoms. The van der Waals surface area contributed by atoms with Crippen LogP contribution in [0.15, 0.2) is 58.4 Å². The number of ether oxygens (including phenoxy) is 1. The van der Waals surface area contributed by atoms with Crippen molar-refractivity contribution < 1.29 is 13.2 Å². The fraction of sp³-hybridized carbons (Fsp3) is 0.188. The van der Waals surface area contributed by atoms with E-state index in [0.717, 1.165) is 11.3 Å². The molecule has 0 radical (unpaired) electrons. The fourth-order valence-electron chi connectivity index (χ4n) is 1.75. The van der Waals surface area contributed by atoms with Gasteiger partial charge in [-0.1, -0.05) is 0 Å². The van der Waals surface area contributed by atoms with Gasteiger partial charge in [0.05, 0.1) is 17.2 Å². The maximum absolute atomic E-state index is 11.4. The molecule has 110 valence electrons. The van der Waals surface area contributed by atoms with Gasteiger partial charge in [0.2, 0.25) is 0 Å². The average Bonchev–Trinajstić information content (AvgIpc) is 2.46. The van der Waals surface area contributed by atoms with Gasteiger partial charge in [-0.3, -0.25) is 4.99 Å². The monoisotopic (exact) mass is 303 g/mol. The minimum Gasteiger partial charge on any atom is -0.494 e. The summed E-state index contributed by atoms with van der Waals surface area (Å²) in [6.45, 7) is 2.58. The summed E-state index contributed by atoms with van der Waals surface area (Å²) in [7, 11) is -3.16. The lowest BCUT2D eigenvalue weighted by Gasteiger charge is -2.02. The van der Waals surface area contributed by atoms with Crippen molar-refractivity contribution in [3.8, 4) is 5.75 Å². The summed E-state index contributed by atoms with van der Waals surface area (Å²) in [5.74, 6) is 0.826. The Balaban J connectivity index is 2.10. The first-order chi connectivity index (χ1) is 9.99. The SMILES string of the molecule is CCOc1ccc(C=Nc2ccc(S(C)(=O)=O)cc2)cc1. The molecule has 4 nitrogen and oxygen atoms in total. The van der Waals surface area contributed by atoms with Crippen molar-refractivity contribution in [1.82, 2.24) is 0 Å². The Morgan fingerprint density at radius 3 is 2.19 bits per heavy atom. The third kappa shape index (κ3) is 4.43. The highest BCUT2D eigenvalue weighted by molar-refractivity contribution is 7.90. The van der Waals surface area contributed by atoms with E-state index in [0.29, 0.717) is 17.2 Å². The van der Waals surface area contributed by atoms with Crippen molar-refractivity contribution in [2.75, 3.05) is 12.9 Å². The Kier molecular flexibility index (Phi) is 4.75. The maximum atomic E-state index is 11.4. The van der Waals surface area contributed by atoms with E-state index >= 15 is 0 Å². The molecule has 0 aliphatic carbocycles. The zero-order valence-electron chi connectivity index (χ0n) is 12.0. The highest BCUT2D eigenvalue weighted by Gasteiger charge is 2.05. The minimum atomic E-state index is -3.16. The standard InChI is InChI=1S/C16H17NO3S/c1-3-20-15-8-4-13(5-9-15)12-17-14-6-10-16(11-7-14)21(2,18)19/h4-12H,3H2,1-2H3. The lowest BCUT2D eigenvalue weighted by atomic mass is 10.2. The summed E-state index contributed by atoms with van der Waals surface area (Å²) in [6.07, 6.45) is 2.91. The molecule has 2 aromatic rings. The molecule has 0 atom stereocenters. The second kappa shape index (κ2) is 6.54. The zero-order valence-corrected chi connectivity index (χ0v) is 12.8. The summed E-state index contributed by atoms with van der Waals surface area (Å²) in [5, 5.41) is 0. The Hall–Kier alpha value is -2.14. The van der Waals surface area contributed by atoms with Crippen LogP contribution < -0.4 is 4.74 Å². The molecule has 0 aliphatic rings. The van der Waals surface area contributed by atoms with Gasteiger partial charge in [0.15, 0.2) is 9.84 Å². The van der Waals surface area contributed by atoms with Gasteiger partial charge in [-0.05, 0) is 61.0 Å². The van der Waals surface area contributed by atoms with E-state index < -0.39 is 9.84 Å². The second-order valence-electron chi connectivity index (χ2n) is 4.53. The number of hydrogen-bond donors (Lipinski definition) is 0. The highest BCUT2D eigenvalue weighted by atomic mass is 32.2. The minimum absolute atomic E-state index is 0.294. The van der Waals surface area contributed by atoms with Crippen LogP contribution in [-0.2, 0) is 9.84 Å². The number of sulfone groups is 1. The third-order valence-corrected chi connectivity index (χ3v) is 3.95.